The van der Waals surface area contributed by atoms with Crippen molar-refractivity contribution in [2.24, 2.45) is 5.14 Å². The summed E-state index contributed by atoms with van der Waals surface area (Å²) in [5.41, 5.74) is 0.905. The highest BCUT2D eigenvalue weighted by atomic mass is 32.2. The average Bonchev–Trinajstić information content (AvgIpc) is 3.09. The fourth-order valence-corrected chi connectivity index (χ4v) is 2.79. The third kappa shape index (κ3) is 4.96. The molecule has 1 amide bonds. The Hall–Kier alpha value is -3.11. The smallest absolute Gasteiger partial charge is 0.238 e. The molecule has 0 aliphatic rings. The Morgan fingerprint density at radius 2 is 1.93 bits per heavy atom. The lowest BCUT2D eigenvalue weighted by Gasteiger charge is -2.05. The molecule has 0 saturated heterocycles. The van der Waals surface area contributed by atoms with Gasteiger partial charge in [-0.3, -0.25) is 4.79 Å². The van der Waals surface area contributed by atoms with Crippen LogP contribution < -0.4 is 10.5 Å². The third-order valence-electron chi connectivity index (χ3n) is 3.58. The van der Waals surface area contributed by atoms with E-state index >= 15 is 0 Å². The minimum Gasteiger partial charge on any atom is -0.339 e. The van der Waals surface area contributed by atoms with E-state index in [1.165, 1.54) is 42.5 Å². The van der Waals surface area contributed by atoms with Crippen LogP contribution in [0.2, 0.25) is 0 Å². The van der Waals surface area contributed by atoms with Crippen molar-refractivity contribution < 1.29 is 22.1 Å². The molecule has 3 N–H and O–H groups in total. The zero-order chi connectivity index (χ0) is 19.4. The Morgan fingerprint density at radius 1 is 1.19 bits per heavy atom. The molecule has 0 saturated carbocycles. The lowest BCUT2D eigenvalue weighted by atomic mass is 10.2. The summed E-state index contributed by atoms with van der Waals surface area (Å²) in [4.78, 5) is 16.1. The van der Waals surface area contributed by atoms with Crippen LogP contribution in [0.3, 0.4) is 0 Å². The number of amides is 1. The van der Waals surface area contributed by atoms with E-state index in [4.69, 9.17) is 9.66 Å². The summed E-state index contributed by atoms with van der Waals surface area (Å²) < 4.78 is 40.7. The highest BCUT2D eigenvalue weighted by Gasteiger charge is 2.12. The van der Waals surface area contributed by atoms with E-state index in [1.54, 1.807) is 6.07 Å². The molecule has 0 fully saturated rings. The van der Waals surface area contributed by atoms with Gasteiger partial charge in [0.1, 0.15) is 5.82 Å². The Labute approximate surface area is 154 Å². The molecule has 3 rings (SSSR count). The van der Waals surface area contributed by atoms with Crippen molar-refractivity contribution >= 4 is 21.6 Å². The minimum atomic E-state index is -3.78. The van der Waals surface area contributed by atoms with Crippen molar-refractivity contribution in [3.63, 3.8) is 0 Å². The molecule has 1 heterocycles. The standard InChI is InChI=1S/C17H15FN4O4S/c18-12-3-1-2-11(10-12)17-21-16(26-22-17)9-8-15(23)20-13-4-6-14(7-5-13)27(19,24)25/h1-7,10H,8-9H2,(H,20,23)(H2,19,24,25). The predicted octanol–water partition coefficient (Wildman–Crippen LogP) is 2.09. The summed E-state index contributed by atoms with van der Waals surface area (Å²) in [7, 11) is -3.78. The van der Waals surface area contributed by atoms with Gasteiger partial charge in [0.25, 0.3) is 0 Å². The van der Waals surface area contributed by atoms with E-state index in [-0.39, 0.29) is 35.4 Å². The number of halogens is 1. The highest BCUT2D eigenvalue weighted by Crippen LogP contribution is 2.17. The summed E-state index contributed by atoms with van der Waals surface area (Å²) >= 11 is 0. The number of sulfonamides is 1. The van der Waals surface area contributed by atoms with Crippen LogP contribution in [-0.2, 0) is 21.2 Å². The van der Waals surface area contributed by atoms with Crippen LogP contribution in [0.1, 0.15) is 12.3 Å². The molecule has 3 aromatic rings. The number of nitrogens with zero attached hydrogens (tertiary/aromatic N) is 2. The molecule has 10 heteroatoms. The van der Waals surface area contributed by atoms with Gasteiger partial charge in [-0.2, -0.15) is 4.98 Å². The molecule has 8 nitrogen and oxygen atoms in total. The van der Waals surface area contributed by atoms with Gasteiger partial charge in [0.05, 0.1) is 4.90 Å². The topological polar surface area (TPSA) is 128 Å². The van der Waals surface area contributed by atoms with E-state index in [2.05, 4.69) is 15.5 Å². The SMILES string of the molecule is NS(=O)(=O)c1ccc(NC(=O)CCc2nc(-c3cccc(F)c3)no2)cc1. The molecule has 0 aliphatic heterocycles. The first kappa shape index (κ1) is 18.7. The number of anilines is 1. The van der Waals surface area contributed by atoms with Gasteiger partial charge in [-0.05, 0) is 36.4 Å². The average molecular weight is 390 g/mol. The van der Waals surface area contributed by atoms with Gasteiger partial charge >= 0.3 is 0 Å². The Balaban J connectivity index is 1.57. The van der Waals surface area contributed by atoms with Crippen LogP contribution in [-0.4, -0.2) is 24.5 Å². The van der Waals surface area contributed by atoms with Crippen LogP contribution >= 0.6 is 0 Å². The Kier molecular flexibility index (Phi) is 5.28. The summed E-state index contributed by atoms with van der Waals surface area (Å²) in [5, 5.41) is 11.4. The van der Waals surface area contributed by atoms with Crippen LogP contribution in [0.5, 0.6) is 0 Å². The molecule has 0 atom stereocenters. The van der Waals surface area contributed by atoms with E-state index in [9.17, 15) is 17.6 Å². The molecule has 0 spiro atoms. The number of hydrogen-bond donors (Lipinski definition) is 2. The van der Waals surface area contributed by atoms with Crippen LogP contribution in [0.4, 0.5) is 10.1 Å². The van der Waals surface area contributed by atoms with E-state index in [1.807, 2.05) is 0 Å². The molecule has 0 unspecified atom stereocenters. The van der Waals surface area contributed by atoms with Crippen LogP contribution in [0.15, 0.2) is 57.9 Å². The number of hydrogen-bond acceptors (Lipinski definition) is 6. The molecule has 27 heavy (non-hydrogen) atoms. The van der Waals surface area contributed by atoms with Crippen molar-refractivity contribution in [2.75, 3.05) is 5.32 Å². The number of benzene rings is 2. The van der Waals surface area contributed by atoms with E-state index < -0.39 is 15.8 Å². The van der Waals surface area contributed by atoms with Gasteiger partial charge < -0.3 is 9.84 Å². The van der Waals surface area contributed by atoms with Crippen molar-refractivity contribution in [1.82, 2.24) is 10.1 Å². The second-order valence-corrected chi connectivity index (χ2v) is 7.20. The van der Waals surface area contributed by atoms with Gasteiger partial charge in [-0.15, -0.1) is 0 Å². The van der Waals surface area contributed by atoms with Gasteiger partial charge in [0, 0.05) is 24.1 Å². The summed E-state index contributed by atoms with van der Waals surface area (Å²) in [6.07, 6.45) is 0.269. The second kappa shape index (κ2) is 7.64. The molecule has 140 valence electrons. The van der Waals surface area contributed by atoms with Gasteiger partial charge in [0.15, 0.2) is 0 Å². The Morgan fingerprint density at radius 3 is 2.59 bits per heavy atom. The highest BCUT2D eigenvalue weighted by molar-refractivity contribution is 7.89. The second-order valence-electron chi connectivity index (χ2n) is 5.64. The monoisotopic (exact) mass is 390 g/mol. The van der Waals surface area contributed by atoms with Crippen molar-refractivity contribution in [1.29, 1.82) is 0 Å². The lowest BCUT2D eigenvalue weighted by Crippen LogP contribution is -2.14. The molecule has 0 aliphatic carbocycles. The molecule has 2 aromatic carbocycles. The Bertz CT molecular complexity index is 1060. The predicted molar refractivity (Wildman–Crippen MR) is 94.5 cm³/mol. The number of aryl methyl sites for hydroxylation is 1. The first-order chi connectivity index (χ1) is 12.8. The molecule has 1 aromatic heterocycles. The largest absolute Gasteiger partial charge is 0.339 e. The molecule has 0 bridgehead atoms. The number of primary sulfonamides is 1. The number of carbonyl (C=O) groups is 1. The zero-order valence-electron chi connectivity index (χ0n) is 13.9. The molecule has 0 radical (unpaired) electrons. The maximum Gasteiger partial charge on any atom is 0.238 e. The minimum absolute atomic E-state index is 0.0452. The number of aromatic nitrogens is 2. The van der Waals surface area contributed by atoms with Crippen molar-refractivity contribution in [3.05, 3.63) is 60.2 Å². The first-order valence-corrected chi connectivity index (χ1v) is 9.37. The van der Waals surface area contributed by atoms with Crippen molar-refractivity contribution in [2.45, 2.75) is 17.7 Å². The van der Waals surface area contributed by atoms with Crippen LogP contribution in [0, 0.1) is 5.82 Å². The normalized spacial score (nSPS) is 11.3. The summed E-state index contributed by atoms with van der Waals surface area (Å²) in [5.74, 6) is -0.243. The number of rotatable bonds is 6. The number of carbonyl (C=O) groups excluding carboxylic acids is 1. The summed E-state index contributed by atoms with van der Waals surface area (Å²) in [6.45, 7) is 0. The van der Waals surface area contributed by atoms with Crippen LogP contribution in [0.25, 0.3) is 11.4 Å². The lowest BCUT2D eigenvalue weighted by molar-refractivity contribution is -0.116. The zero-order valence-corrected chi connectivity index (χ0v) is 14.7. The fraction of sp³-hybridized carbons (Fsp3) is 0.118. The van der Waals surface area contributed by atoms with E-state index in [0.29, 0.717) is 11.3 Å². The van der Waals surface area contributed by atoms with E-state index in [0.717, 1.165) is 0 Å². The maximum absolute atomic E-state index is 13.2. The van der Waals surface area contributed by atoms with Gasteiger partial charge in [0.2, 0.25) is 27.6 Å². The number of nitrogens with one attached hydrogen (secondary N) is 1. The summed E-state index contributed by atoms with van der Waals surface area (Å²) in [6, 6.07) is 11.3. The fourth-order valence-electron chi connectivity index (χ4n) is 2.27. The van der Waals surface area contributed by atoms with Crippen molar-refractivity contribution in [3.8, 4) is 11.4 Å². The quantitative estimate of drug-likeness (QED) is 0.663. The third-order valence-corrected chi connectivity index (χ3v) is 4.51. The molecular formula is C17H15FN4O4S. The number of nitrogens with two attached hydrogens (primary N) is 1. The first-order valence-electron chi connectivity index (χ1n) is 7.82. The van der Waals surface area contributed by atoms with Gasteiger partial charge in [-0.25, -0.2) is 17.9 Å². The van der Waals surface area contributed by atoms with Gasteiger partial charge in [-0.1, -0.05) is 17.3 Å². The molecular weight excluding hydrogens is 375 g/mol. The maximum atomic E-state index is 13.2.